The van der Waals surface area contributed by atoms with Crippen molar-refractivity contribution in [2.75, 3.05) is 6.54 Å². The number of hydrogen-bond acceptors (Lipinski definition) is 2. The van der Waals surface area contributed by atoms with Crippen molar-refractivity contribution in [1.82, 2.24) is 0 Å². The van der Waals surface area contributed by atoms with E-state index in [0.717, 1.165) is 21.9 Å². The number of carbonyl (C=O) groups excluding carboxylic acids is 1. The molecule has 4 heteroatoms. The summed E-state index contributed by atoms with van der Waals surface area (Å²) in [5.74, 6) is -0.377. The molecule has 3 rings (SSSR count). The zero-order chi connectivity index (χ0) is 17.1. The molecule has 0 aliphatic heterocycles. The van der Waals surface area contributed by atoms with Gasteiger partial charge in [-0.2, -0.15) is 0 Å². The lowest BCUT2D eigenvalue weighted by molar-refractivity contribution is -0.119. The number of fused-ring (bicyclic) bond motifs is 1. The first-order chi connectivity index (χ1) is 11.6. The average Bonchev–Trinajstić information content (AvgIpc) is 2.57. The molecule has 0 saturated heterocycles. The van der Waals surface area contributed by atoms with Crippen LogP contribution in [0.1, 0.15) is 17.0 Å². The summed E-state index contributed by atoms with van der Waals surface area (Å²) in [6.45, 7) is 0.216. The molecule has 0 fully saturated rings. The van der Waals surface area contributed by atoms with Gasteiger partial charge in [0.2, 0.25) is 0 Å². The highest BCUT2D eigenvalue weighted by molar-refractivity contribution is 6.35. The van der Waals surface area contributed by atoms with Crippen LogP contribution in [0, 0.1) is 0 Å². The summed E-state index contributed by atoms with van der Waals surface area (Å²) < 4.78 is 0. The lowest BCUT2D eigenvalue weighted by Crippen LogP contribution is -2.23. The number of carbonyl (C=O) groups is 1. The van der Waals surface area contributed by atoms with Gasteiger partial charge in [0.05, 0.1) is 5.92 Å². The molecule has 2 nitrogen and oxygen atoms in total. The number of hydrogen-bond donors (Lipinski definition) is 1. The predicted molar refractivity (Wildman–Crippen MR) is 101 cm³/mol. The molecule has 0 aliphatic rings. The normalized spacial score (nSPS) is 12.3. The smallest absolute Gasteiger partial charge is 0.146 e. The molecule has 0 saturated carbocycles. The third-order valence-electron chi connectivity index (χ3n) is 4.15. The first-order valence-electron chi connectivity index (χ1n) is 7.74. The maximum absolute atomic E-state index is 12.7. The largest absolute Gasteiger partial charge is 0.329 e. The van der Waals surface area contributed by atoms with Gasteiger partial charge >= 0.3 is 0 Å². The first-order valence-corrected chi connectivity index (χ1v) is 8.49. The van der Waals surface area contributed by atoms with Crippen LogP contribution in [0.25, 0.3) is 10.8 Å². The summed E-state index contributed by atoms with van der Waals surface area (Å²) in [7, 11) is 0. The molecule has 2 N–H and O–H groups in total. The zero-order valence-corrected chi connectivity index (χ0v) is 14.5. The average molecular weight is 358 g/mol. The topological polar surface area (TPSA) is 43.1 Å². The number of nitrogens with two attached hydrogens (primary N) is 1. The third-order valence-corrected chi connectivity index (χ3v) is 4.72. The van der Waals surface area contributed by atoms with Crippen LogP contribution >= 0.6 is 23.2 Å². The SMILES string of the molecule is NCC(C(=O)Cc1ccc2ccccc2c1)c1ccc(Cl)cc1Cl. The fourth-order valence-electron chi connectivity index (χ4n) is 2.89. The molecule has 122 valence electrons. The van der Waals surface area contributed by atoms with Crippen LogP contribution in [0.2, 0.25) is 10.0 Å². The second-order valence-corrected chi connectivity index (χ2v) is 6.62. The number of benzene rings is 3. The van der Waals surface area contributed by atoms with Crippen LogP contribution in [0.5, 0.6) is 0 Å². The van der Waals surface area contributed by atoms with Gasteiger partial charge in [0.25, 0.3) is 0 Å². The Bertz CT molecular complexity index is 892. The van der Waals surface area contributed by atoms with E-state index in [2.05, 4.69) is 6.07 Å². The van der Waals surface area contributed by atoms with E-state index in [1.54, 1.807) is 18.2 Å². The zero-order valence-electron chi connectivity index (χ0n) is 13.0. The van der Waals surface area contributed by atoms with Gasteiger partial charge in [-0.25, -0.2) is 0 Å². The van der Waals surface area contributed by atoms with Gasteiger partial charge in [0.1, 0.15) is 5.78 Å². The maximum atomic E-state index is 12.7. The van der Waals surface area contributed by atoms with E-state index in [4.69, 9.17) is 28.9 Å². The monoisotopic (exact) mass is 357 g/mol. The molecule has 0 aromatic heterocycles. The highest BCUT2D eigenvalue weighted by atomic mass is 35.5. The van der Waals surface area contributed by atoms with Crippen LogP contribution in [-0.4, -0.2) is 12.3 Å². The minimum Gasteiger partial charge on any atom is -0.329 e. The second kappa shape index (κ2) is 7.35. The van der Waals surface area contributed by atoms with E-state index >= 15 is 0 Å². The second-order valence-electron chi connectivity index (χ2n) is 5.78. The van der Waals surface area contributed by atoms with Crippen LogP contribution in [0.3, 0.4) is 0 Å². The van der Waals surface area contributed by atoms with Gasteiger partial charge in [-0.1, -0.05) is 71.7 Å². The Kier molecular flexibility index (Phi) is 5.20. The fraction of sp³-hybridized carbons (Fsp3) is 0.150. The van der Waals surface area contributed by atoms with E-state index in [-0.39, 0.29) is 12.3 Å². The number of ketones is 1. The molecule has 0 bridgehead atoms. The predicted octanol–water partition coefficient (Wildman–Crippen LogP) is 5.00. The standard InChI is InChI=1S/C20H17Cl2NO/c21-16-7-8-17(19(22)11-16)18(12-23)20(24)10-13-5-6-14-3-1-2-4-15(14)9-13/h1-9,11,18H,10,12,23H2. The third kappa shape index (κ3) is 3.62. The summed E-state index contributed by atoms with van der Waals surface area (Å²) in [6, 6.07) is 19.3. The quantitative estimate of drug-likeness (QED) is 0.697. The lowest BCUT2D eigenvalue weighted by atomic mass is 9.90. The molecule has 0 radical (unpaired) electrons. The molecule has 24 heavy (non-hydrogen) atoms. The van der Waals surface area contributed by atoms with Crippen molar-refractivity contribution in [1.29, 1.82) is 0 Å². The summed E-state index contributed by atoms with van der Waals surface area (Å²) in [6.07, 6.45) is 0.325. The van der Waals surface area contributed by atoms with Gasteiger partial charge in [-0.05, 0) is 34.0 Å². The van der Waals surface area contributed by atoms with Crippen LogP contribution in [0.4, 0.5) is 0 Å². The molecule has 0 amide bonds. The van der Waals surface area contributed by atoms with Gasteiger partial charge in [-0.3, -0.25) is 4.79 Å². The van der Waals surface area contributed by atoms with E-state index < -0.39 is 5.92 Å². The molecule has 0 heterocycles. The van der Waals surface area contributed by atoms with Crippen LogP contribution in [-0.2, 0) is 11.2 Å². The van der Waals surface area contributed by atoms with Gasteiger partial charge < -0.3 is 5.73 Å². The Labute approximate surface area is 151 Å². The highest BCUT2D eigenvalue weighted by Crippen LogP contribution is 2.29. The Morgan fingerprint density at radius 2 is 1.71 bits per heavy atom. The molecule has 0 spiro atoms. The molecular formula is C20H17Cl2NO. The van der Waals surface area contributed by atoms with Gasteiger partial charge in [0.15, 0.2) is 0 Å². The Morgan fingerprint density at radius 1 is 0.958 bits per heavy atom. The Morgan fingerprint density at radius 3 is 2.42 bits per heavy atom. The van der Waals surface area contributed by atoms with Crippen molar-refractivity contribution in [3.05, 3.63) is 81.8 Å². The minimum atomic E-state index is -0.429. The molecule has 1 atom stereocenters. The molecule has 1 unspecified atom stereocenters. The minimum absolute atomic E-state index is 0.0528. The summed E-state index contributed by atoms with van der Waals surface area (Å²) in [5.41, 5.74) is 7.55. The fourth-order valence-corrected chi connectivity index (χ4v) is 3.43. The van der Waals surface area contributed by atoms with Crippen molar-refractivity contribution >= 4 is 39.8 Å². The summed E-state index contributed by atoms with van der Waals surface area (Å²) in [4.78, 5) is 12.7. The number of Topliss-reactive ketones (excluding diaryl/α,β-unsaturated/α-hetero) is 1. The lowest BCUT2D eigenvalue weighted by Gasteiger charge is -2.16. The highest BCUT2D eigenvalue weighted by Gasteiger charge is 2.21. The van der Waals surface area contributed by atoms with Gasteiger partial charge in [-0.15, -0.1) is 0 Å². The number of rotatable bonds is 5. The number of halogens is 2. The molecule has 3 aromatic rings. The Balaban J connectivity index is 1.85. The van der Waals surface area contributed by atoms with Crippen molar-refractivity contribution in [2.24, 2.45) is 5.73 Å². The Hall–Kier alpha value is -1.87. The first kappa shape index (κ1) is 17.0. The molecule has 0 aliphatic carbocycles. The van der Waals surface area contributed by atoms with E-state index in [1.807, 2.05) is 36.4 Å². The molecule has 3 aromatic carbocycles. The van der Waals surface area contributed by atoms with Crippen molar-refractivity contribution in [3.63, 3.8) is 0 Å². The van der Waals surface area contributed by atoms with Crippen LogP contribution < -0.4 is 5.73 Å². The summed E-state index contributed by atoms with van der Waals surface area (Å²) in [5, 5.41) is 3.30. The van der Waals surface area contributed by atoms with E-state index in [0.29, 0.717) is 16.5 Å². The van der Waals surface area contributed by atoms with E-state index in [9.17, 15) is 4.79 Å². The van der Waals surface area contributed by atoms with E-state index in [1.165, 1.54) is 0 Å². The molecular weight excluding hydrogens is 341 g/mol. The van der Waals surface area contributed by atoms with Crippen molar-refractivity contribution < 1.29 is 4.79 Å². The van der Waals surface area contributed by atoms with Crippen molar-refractivity contribution in [2.45, 2.75) is 12.3 Å². The van der Waals surface area contributed by atoms with Crippen LogP contribution in [0.15, 0.2) is 60.7 Å². The van der Waals surface area contributed by atoms with Gasteiger partial charge in [0, 0.05) is 23.0 Å². The maximum Gasteiger partial charge on any atom is 0.146 e. The summed E-state index contributed by atoms with van der Waals surface area (Å²) >= 11 is 12.2. The van der Waals surface area contributed by atoms with Crippen molar-refractivity contribution in [3.8, 4) is 0 Å².